The van der Waals surface area contributed by atoms with Crippen LogP contribution in [0.1, 0.15) is 32.4 Å². The zero-order valence-electron chi connectivity index (χ0n) is 10.7. The first kappa shape index (κ1) is 14.0. The highest BCUT2D eigenvalue weighted by molar-refractivity contribution is 7.14. The predicted molar refractivity (Wildman–Crippen MR) is 73.5 cm³/mol. The Kier molecular flexibility index (Phi) is 4.80. The lowest BCUT2D eigenvalue weighted by Gasteiger charge is -2.34. The van der Waals surface area contributed by atoms with E-state index in [9.17, 15) is 0 Å². The van der Waals surface area contributed by atoms with E-state index in [0.29, 0.717) is 6.04 Å². The fourth-order valence-electron chi connectivity index (χ4n) is 1.23. The molecule has 92 valence electrons. The fourth-order valence-corrected chi connectivity index (χ4v) is 2.21. The second-order valence-electron chi connectivity index (χ2n) is 4.99. The lowest BCUT2D eigenvalue weighted by atomic mass is 10.0. The Morgan fingerprint density at radius 2 is 2.12 bits per heavy atom. The topological polar surface area (TPSA) is 15.3 Å². The van der Waals surface area contributed by atoms with E-state index in [1.807, 2.05) is 6.07 Å². The molecular weight excluding hydrogens is 240 g/mol. The molecular formula is C12H21ClN2S. The van der Waals surface area contributed by atoms with Crippen LogP contribution in [0.3, 0.4) is 0 Å². The molecule has 0 radical (unpaired) electrons. The molecule has 1 aromatic heterocycles. The van der Waals surface area contributed by atoms with Gasteiger partial charge in [0.15, 0.2) is 0 Å². The molecule has 0 aliphatic heterocycles. The van der Waals surface area contributed by atoms with Crippen molar-refractivity contribution in [1.29, 1.82) is 0 Å². The normalized spacial score (nSPS) is 14.4. The maximum absolute atomic E-state index is 5.93. The quantitative estimate of drug-likeness (QED) is 0.873. The van der Waals surface area contributed by atoms with Gasteiger partial charge in [-0.05, 0) is 51.9 Å². The van der Waals surface area contributed by atoms with Crippen LogP contribution in [0, 0.1) is 0 Å². The summed E-state index contributed by atoms with van der Waals surface area (Å²) in [7, 11) is 4.21. The number of rotatable bonds is 5. The molecule has 4 heteroatoms. The van der Waals surface area contributed by atoms with Crippen molar-refractivity contribution >= 4 is 22.9 Å². The molecule has 1 unspecified atom stereocenters. The van der Waals surface area contributed by atoms with Crippen LogP contribution >= 0.6 is 22.9 Å². The van der Waals surface area contributed by atoms with Crippen molar-refractivity contribution in [3.05, 3.63) is 21.3 Å². The second-order valence-corrected chi connectivity index (χ2v) is 6.54. The Balaban J connectivity index is 2.50. The van der Waals surface area contributed by atoms with Crippen LogP contribution in [0.4, 0.5) is 0 Å². The van der Waals surface area contributed by atoms with Crippen molar-refractivity contribution in [2.45, 2.75) is 32.4 Å². The van der Waals surface area contributed by atoms with E-state index >= 15 is 0 Å². The molecule has 2 nitrogen and oxygen atoms in total. The molecule has 1 heterocycles. The van der Waals surface area contributed by atoms with Crippen LogP contribution in [-0.2, 0) is 0 Å². The Bertz CT molecular complexity index is 334. The van der Waals surface area contributed by atoms with Crippen LogP contribution in [0.25, 0.3) is 0 Å². The lowest BCUT2D eigenvalue weighted by Crippen LogP contribution is -2.47. The Labute approximate surface area is 108 Å². The molecule has 0 aromatic carbocycles. The van der Waals surface area contributed by atoms with Crippen LogP contribution in [-0.4, -0.2) is 31.1 Å². The average Bonchev–Trinajstić information content (AvgIpc) is 2.61. The van der Waals surface area contributed by atoms with E-state index in [2.05, 4.69) is 50.5 Å². The number of hydrogen-bond donors (Lipinski definition) is 1. The Morgan fingerprint density at radius 3 is 2.56 bits per heavy atom. The van der Waals surface area contributed by atoms with Crippen LogP contribution in [0.5, 0.6) is 0 Å². The maximum atomic E-state index is 5.93. The van der Waals surface area contributed by atoms with E-state index in [0.717, 1.165) is 10.9 Å². The Morgan fingerprint density at radius 1 is 1.50 bits per heavy atom. The molecule has 1 rings (SSSR count). The van der Waals surface area contributed by atoms with Gasteiger partial charge >= 0.3 is 0 Å². The minimum atomic E-state index is 0.161. The standard InChI is InChI=1S/C12H21ClN2S/c1-9(10-6-11(13)16-7-10)14-8-12(2,3)15(4)5/h6-7,9,14H,8H2,1-5H3. The van der Waals surface area contributed by atoms with Crippen molar-refractivity contribution in [2.24, 2.45) is 0 Å². The summed E-state index contributed by atoms with van der Waals surface area (Å²) in [4.78, 5) is 2.23. The zero-order valence-corrected chi connectivity index (χ0v) is 12.2. The molecule has 0 bridgehead atoms. The third kappa shape index (κ3) is 3.74. The molecule has 0 amide bonds. The van der Waals surface area contributed by atoms with Crippen molar-refractivity contribution < 1.29 is 0 Å². The van der Waals surface area contributed by atoms with Crippen molar-refractivity contribution in [3.63, 3.8) is 0 Å². The highest BCUT2D eigenvalue weighted by atomic mass is 35.5. The third-order valence-electron chi connectivity index (χ3n) is 3.14. The highest BCUT2D eigenvalue weighted by Gasteiger charge is 2.21. The third-order valence-corrected chi connectivity index (χ3v) is 4.25. The summed E-state index contributed by atoms with van der Waals surface area (Å²) in [6.07, 6.45) is 0. The van der Waals surface area contributed by atoms with Crippen LogP contribution in [0.2, 0.25) is 4.34 Å². The van der Waals surface area contributed by atoms with E-state index in [1.165, 1.54) is 5.56 Å². The largest absolute Gasteiger partial charge is 0.308 e. The van der Waals surface area contributed by atoms with Gasteiger partial charge in [-0.1, -0.05) is 11.6 Å². The number of nitrogens with zero attached hydrogens (tertiary/aromatic N) is 1. The number of likely N-dealkylation sites (N-methyl/N-ethyl adjacent to an activating group) is 1. The fraction of sp³-hybridized carbons (Fsp3) is 0.667. The van der Waals surface area contributed by atoms with Crippen LogP contribution in [0.15, 0.2) is 11.4 Å². The van der Waals surface area contributed by atoms with Gasteiger partial charge in [0, 0.05) is 18.1 Å². The summed E-state index contributed by atoms with van der Waals surface area (Å²) in [5.74, 6) is 0. The molecule has 16 heavy (non-hydrogen) atoms. The van der Waals surface area contributed by atoms with Gasteiger partial charge in [0.05, 0.1) is 4.34 Å². The molecule has 1 aromatic rings. The summed E-state index contributed by atoms with van der Waals surface area (Å²) >= 11 is 7.51. The monoisotopic (exact) mass is 260 g/mol. The summed E-state index contributed by atoms with van der Waals surface area (Å²) in [5.41, 5.74) is 1.43. The minimum absolute atomic E-state index is 0.161. The molecule has 0 saturated carbocycles. The SMILES string of the molecule is CC(NCC(C)(C)N(C)C)c1csc(Cl)c1. The first-order valence-corrected chi connectivity index (χ1v) is 6.73. The van der Waals surface area contributed by atoms with Gasteiger partial charge in [0.25, 0.3) is 0 Å². The molecule has 0 aliphatic rings. The van der Waals surface area contributed by atoms with Crippen molar-refractivity contribution in [1.82, 2.24) is 10.2 Å². The summed E-state index contributed by atoms with van der Waals surface area (Å²) in [5, 5.41) is 5.65. The van der Waals surface area contributed by atoms with E-state index in [-0.39, 0.29) is 5.54 Å². The zero-order chi connectivity index (χ0) is 12.3. The van der Waals surface area contributed by atoms with Gasteiger partial charge in [0.1, 0.15) is 0 Å². The van der Waals surface area contributed by atoms with E-state index < -0.39 is 0 Å². The van der Waals surface area contributed by atoms with Gasteiger partial charge in [-0.25, -0.2) is 0 Å². The minimum Gasteiger partial charge on any atom is -0.308 e. The average molecular weight is 261 g/mol. The molecule has 1 N–H and O–H groups in total. The second kappa shape index (κ2) is 5.50. The van der Waals surface area contributed by atoms with E-state index in [4.69, 9.17) is 11.6 Å². The predicted octanol–water partition coefficient (Wildman–Crippen LogP) is 3.39. The first-order valence-electron chi connectivity index (χ1n) is 5.47. The molecule has 1 atom stereocenters. The number of thiophene rings is 1. The van der Waals surface area contributed by atoms with Crippen molar-refractivity contribution in [3.8, 4) is 0 Å². The summed E-state index contributed by atoms with van der Waals surface area (Å²) in [6.45, 7) is 7.58. The smallest absolute Gasteiger partial charge is 0.0931 e. The Hall–Kier alpha value is -0.0900. The first-order chi connectivity index (χ1) is 7.33. The number of hydrogen-bond acceptors (Lipinski definition) is 3. The molecule has 0 fully saturated rings. The van der Waals surface area contributed by atoms with E-state index in [1.54, 1.807) is 11.3 Å². The maximum Gasteiger partial charge on any atom is 0.0931 e. The van der Waals surface area contributed by atoms with Gasteiger partial charge in [-0.3, -0.25) is 0 Å². The number of halogens is 1. The summed E-state index contributed by atoms with van der Waals surface area (Å²) < 4.78 is 0.857. The molecule has 0 spiro atoms. The van der Waals surface area contributed by atoms with Gasteiger partial charge in [-0.15, -0.1) is 11.3 Å². The van der Waals surface area contributed by atoms with Crippen molar-refractivity contribution in [2.75, 3.05) is 20.6 Å². The van der Waals surface area contributed by atoms with Crippen LogP contribution < -0.4 is 5.32 Å². The number of nitrogens with one attached hydrogen (secondary N) is 1. The highest BCUT2D eigenvalue weighted by Crippen LogP contribution is 2.25. The summed E-state index contributed by atoms with van der Waals surface area (Å²) in [6, 6.07) is 2.38. The van der Waals surface area contributed by atoms with Gasteiger partial charge in [-0.2, -0.15) is 0 Å². The molecule has 0 saturated heterocycles. The molecule has 0 aliphatic carbocycles. The van der Waals surface area contributed by atoms with Gasteiger partial charge in [0.2, 0.25) is 0 Å². The lowest BCUT2D eigenvalue weighted by molar-refractivity contribution is 0.185. The van der Waals surface area contributed by atoms with Gasteiger partial charge < -0.3 is 10.2 Å².